The molecule has 0 aromatic heterocycles. The van der Waals surface area contributed by atoms with Crippen LogP contribution in [0.4, 0.5) is 0 Å². The molecule has 342 valence electrons. The van der Waals surface area contributed by atoms with Crippen molar-refractivity contribution in [3.05, 3.63) is 12.2 Å². The zero-order valence-corrected chi connectivity index (χ0v) is 38.1. The molecule has 0 heterocycles. The topological polar surface area (TPSA) is 172 Å². The Labute approximate surface area is 354 Å². The highest BCUT2D eigenvalue weighted by atomic mass is 31.2. The van der Waals surface area contributed by atoms with Crippen LogP contribution >= 0.6 is 7.82 Å². The van der Waals surface area contributed by atoms with E-state index in [9.17, 15) is 23.8 Å². The lowest BCUT2D eigenvalue weighted by Gasteiger charge is -2.20. The third kappa shape index (κ3) is 41.0. The van der Waals surface area contributed by atoms with Crippen molar-refractivity contribution in [2.45, 2.75) is 244 Å². The molecule has 11 nitrogen and oxygen atoms in total. The van der Waals surface area contributed by atoms with Crippen LogP contribution in [0.3, 0.4) is 0 Å². The number of esters is 2. The van der Waals surface area contributed by atoms with Crippen LogP contribution in [0, 0.1) is 0 Å². The van der Waals surface area contributed by atoms with Crippen LogP contribution in [0.15, 0.2) is 12.2 Å². The summed E-state index contributed by atoms with van der Waals surface area (Å²) >= 11 is 0. The standard InChI is InChI=1S/C46H88NO10P/c1-3-5-7-9-11-13-15-17-19-20-21-22-23-24-26-27-29-31-33-35-37-44(48)54-39-42(40-55-58(52,53)56-41-43(47)46(50)51)57-45(49)38-36-34-32-30-28-25-18-16-14-12-10-8-6-4-2/h16,18,42-43H,3-15,17,19-41,47H2,1-2H3,(H,50,51)(H,52,53)/b18-16+/t42-,43+/m0/s1. The fraction of sp³-hybridized carbons (Fsp3) is 0.891. The number of carboxylic acid groups (broad SMARTS) is 1. The van der Waals surface area contributed by atoms with Gasteiger partial charge in [-0.3, -0.25) is 23.4 Å². The number of carbonyl (C=O) groups excluding carboxylic acids is 2. The normalized spacial score (nSPS) is 13.7. The molecule has 0 radical (unpaired) electrons. The molecule has 0 aromatic carbocycles. The van der Waals surface area contributed by atoms with Crippen molar-refractivity contribution in [1.29, 1.82) is 0 Å². The Morgan fingerprint density at radius 3 is 1.26 bits per heavy atom. The lowest BCUT2D eigenvalue weighted by Crippen LogP contribution is -2.34. The second-order valence-electron chi connectivity index (χ2n) is 16.2. The van der Waals surface area contributed by atoms with Crippen molar-refractivity contribution in [3.63, 3.8) is 0 Å². The van der Waals surface area contributed by atoms with Gasteiger partial charge < -0.3 is 25.2 Å². The fourth-order valence-corrected chi connectivity index (χ4v) is 7.55. The molecule has 0 spiro atoms. The summed E-state index contributed by atoms with van der Waals surface area (Å²) in [5.41, 5.74) is 5.34. The average molecular weight is 846 g/mol. The number of phosphoric acid groups is 1. The number of nitrogens with two attached hydrogens (primary N) is 1. The van der Waals surface area contributed by atoms with Crippen LogP contribution in [0.25, 0.3) is 0 Å². The molecular formula is C46H88NO10P. The summed E-state index contributed by atoms with van der Waals surface area (Å²) < 4.78 is 32.7. The second-order valence-corrected chi connectivity index (χ2v) is 17.7. The SMILES string of the molecule is CCCCCCC/C=C/CCCCCCCC(=O)O[C@@H](COC(=O)CCCCCCCCCCCCCCCCCCCCCC)COP(=O)(O)OC[C@@H](N)C(=O)O. The maximum absolute atomic E-state index is 12.6. The van der Waals surface area contributed by atoms with E-state index in [-0.39, 0.29) is 19.4 Å². The Hall–Kier alpha value is -1.78. The molecule has 0 aliphatic rings. The lowest BCUT2D eigenvalue weighted by atomic mass is 10.0. The third-order valence-corrected chi connectivity index (χ3v) is 11.5. The maximum Gasteiger partial charge on any atom is 0.472 e. The number of ether oxygens (including phenoxy) is 2. The number of aliphatic carboxylic acids is 1. The monoisotopic (exact) mass is 846 g/mol. The highest BCUT2D eigenvalue weighted by Gasteiger charge is 2.28. The van der Waals surface area contributed by atoms with Gasteiger partial charge in [0.2, 0.25) is 0 Å². The van der Waals surface area contributed by atoms with Crippen LogP contribution in [-0.2, 0) is 37.5 Å². The van der Waals surface area contributed by atoms with Crippen molar-refractivity contribution in [1.82, 2.24) is 0 Å². The molecule has 0 rings (SSSR count). The molecule has 0 amide bonds. The summed E-state index contributed by atoms with van der Waals surface area (Å²) in [5, 5.41) is 8.90. The highest BCUT2D eigenvalue weighted by Crippen LogP contribution is 2.43. The molecule has 4 N–H and O–H groups in total. The largest absolute Gasteiger partial charge is 0.480 e. The summed E-state index contributed by atoms with van der Waals surface area (Å²) in [7, 11) is -4.71. The first-order chi connectivity index (χ1) is 28.1. The van der Waals surface area contributed by atoms with E-state index in [4.69, 9.17) is 24.8 Å². The second kappa shape index (κ2) is 41.9. The zero-order valence-electron chi connectivity index (χ0n) is 37.2. The average Bonchev–Trinajstić information content (AvgIpc) is 3.20. The molecule has 0 aliphatic heterocycles. The van der Waals surface area contributed by atoms with E-state index < -0.39 is 51.1 Å². The molecule has 0 fully saturated rings. The van der Waals surface area contributed by atoms with Gasteiger partial charge in [0, 0.05) is 12.8 Å². The van der Waals surface area contributed by atoms with Gasteiger partial charge >= 0.3 is 25.7 Å². The van der Waals surface area contributed by atoms with Crippen LogP contribution in [-0.4, -0.2) is 59.9 Å². The number of allylic oxidation sites excluding steroid dienone is 2. The first-order valence-electron chi connectivity index (χ1n) is 23.7. The first kappa shape index (κ1) is 56.2. The zero-order chi connectivity index (χ0) is 42.8. The van der Waals surface area contributed by atoms with E-state index in [0.29, 0.717) is 12.8 Å². The van der Waals surface area contributed by atoms with Gasteiger partial charge in [-0.05, 0) is 38.5 Å². The minimum atomic E-state index is -4.71. The Kier molecular flexibility index (Phi) is 40.6. The van der Waals surface area contributed by atoms with Crippen molar-refractivity contribution < 1.29 is 47.5 Å². The van der Waals surface area contributed by atoms with Gasteiger partial charge in [-0.15, -0.1) is 0 Å². The van der Waals surface area contributed by atoms with E-state index >= 15 is 0 Å². The third-order valence-electron chi connectivity index (χ3n) is 10.5. The van der Waals surface area contributed by atoms with Gasteiger partial charge in [0.1, 0.15) is 12.6 Å². The molecule has 0 aliphatic carbocycles. The van der Waals surface area contributed by atoms with E-state index in [0.717, 1.165) is 57.8 Å². The van der Waals surface area contributed by atoms with Gasteiger partial charge in [0.15, 0.2) is 6.10 Å². The van der Waals surface area contributed by atoms with Crippen molar-refractivity contribution >= 4 is 25.7 Å². The van der Waals surface area contributed by atoms with E-state index in [2.05, 4.69) is 30.5 Å². The predicted octanol–water partition coefficient (Wildman–Crippen LogP) is 12.8. The van der Waals surface area contributed by atoms with Gasteiger partial charge in [0.05, 0.1) is 13.2 Å². The lowest BCUT2D eigenvalue weighted by molar-refractivity contribution is -0.161. The summed E-state index contributed by atoms with van der Waals surface area (Å²) in [6.45, 7) is 2.82. The first-order valence-corrected chi connectivity index (χ1v) is 25.2. The van der Waals surface area contributed by atoms with Crippen molar-refractivity contribution in [2.75, 3.05) is 19.8 Å². The predicted molar refractivity (Wildman–Crippen MR) is 236 cm³/mol. The van der Waals surface area contributed by atoms with Crippen LogP contribution in [0.2, 0.25) is 0 Å². The number of carboxylic acids is 1. The summed E-state index contributed by atoms with van der Waals surface area (Å²) in [4.78, 5) is 46.0. The Bertz CT molecular complexity index is 1040. The number of hydrogen-bond acceptors (Lipinski definition) is 9. The molecule has 58 heavy (non-hydrogen) atoms. The minimum Gasteiger partial charge on any atom is -0.480 e. The number of hydrogen-bond donors (Lipinski definition) is 3. The molecule has 3 atom stereocenters. The molecule has 0 saturated carbocycles. The quantitative estimate of drug-likeness (QED) is 0.0230. The van der Waals surface area contributed by atoms with E-state index in [1.165, 1.54) is 135 Å². The number of phosphoric ester groups is 1. The molecule has 0 aromatic rings. The molecular weight excluding hydrogens is 757 g/mol. The Morgan fingerprint density at radius 1 is 0.517 bits per heavy atom. The summed E-state index contributed by atoms with van der Waals surface area (Å²) in [6.07, 6.45) is 42.8. The van der Waals surface area contributed by atoms with Crippen molar-refractivity contribution in [3.8, 4) is 0 Å². The van der Waals surface area contributed by atoms with Crippen LogP contribution < -0.4 is 5.73 Å². The Balaban J connectivity index is 4.24. The minimum absolute atomic E-state index is 0.155. The molecule has 0 bridgehead atoms. The van der Waals surface area contributed by atoms with Gasteiger partial charge in [-0.1, -0.05) is 193 Å². The van der Waals surface area contributed by atoms with Crippen LogP contribution in [0.1, 0.15) is 232 Å². The number of rotatable bonds is 45. The molecule has 1 unspecified atom stereocenters. The van der Waals surface area contributed by atoms with E-state index in [1.807, 2.05) is 0 Å². The highest BCUT2D eigenvalue weighted by molar-refractivity contribution is 7.47. The number of carbonyl (C=O) groups is 3. The van der Waals surface area contributed by atoms with E-state index in [1.54, 1.807) is 0 Å². The van der Waals surface area contributed by atoms with Gasteiger partial charge in [0.25, 0.3) is 0 Å². The molecule has 12 heteroatoms. The smallest absolute Gasteiger partial charge is 0.472 e. The van der Waals surface area contributed by atoms with Crippen LogP contribution in [0.5, 0.6) is 0 Å². The number of unbranched alkanes of at least 4 members (excludes halogenated alkanes) is 29. The summed E-state index contributed by atoms with van der Waals surface area (Å²) in [6, 6.07) is -1.52. The Morgan fingerprint density at radius 2 is 0.862 bits per heavy atom. The fourth-order valence-electron chi connectivity index (χ4n) is 6.77. The summed E-state index contributed by atoms with van der Waals surface area (Å²) in [5.74, 6) is -2.37. The van der Waals surface area contributed by atoms with Crippen molar-refractivity contribution in [2.24, 2.45) is 5.73 Å². The molecule has 0 saturated heterocycles. The van der Waals surface area contributed by atoms with Gasteiger partial charge in [-0.25, -0.2) is 4.57 Å². The van der Waals surface area contributed by atoms with Gasteiger partial charge in [-0.2, -0.15) is 0 Å². The maximum atomic E-state index is 12.6.